The summed E-state index contributed by atoms with van der Waals surface area (Å²) in [5.74, 6) is -1.82. The summed E-state index contributed by atoms with van der Waals surface area (Å²) in [7, 11) is 0. The van der Waals surface area contributed by atoms with Gasteiger partial charge in [-0.25, -0.2) is 9.78 Å². The number of carbonyl (C=O) groups is 3. The van der Waals surface area contributed by atoms with Crippen molar-refractivity contribution in [3.05, 3.63) is 54.1 Å². The third-order valence-electron chi connectivity index (χ3n) is 6.20. The van der Waals surface area contributed by atoms with Crippen LogP contribution in [-0.2, 0) is 16.1 Å². The van der Waals surface area contributed by atoms with Gasteiger partial charge in [0.2, 0.25) is 5.91 Å². The molecular formula is C25H34N4O4. The molecule has 3 rings (SSSR count). The number of amides is 2. The highest BCUT2D eigenvalue weighted by Crippen LogP contribution is 2.28. The van der Waals surface area contributed by atoms with Gasteiger partial charge in [-0.15, -0.1) is 0 Å². The van der Waals surface area contributed by atoms with E-state index in [0.29, 0.717) is 6.54 Å². The Morgan fingerprint density at radius 1 is 1.09 bits per heavy atom. The van der Waals surface area contributed by atoms with Gasteiger partial charge in [0.25, 0.3) is 5.91 Å². The first kappa shape index (κ1) is 24.5. The summed E-state index contributed by atoms with van der Waals surface area (Å²) >= 11 is 0. The molecule has 2 amide bonds. The van der Waals surface area contributed by atoms with Gasteiger partial charge in [0.15, 0.2) is 5.82 Å². The van der Waals surface area contributed by atoms with Crippen molar-refractivity contribution in [3.63, 3.8) is 0 Å². The van der Waals surface area contributed by atoms with E-state index >= 15 is 0 Å². The summed E-state index contributed by atoms with van der Waals surface area (Å²) in [4.78, 5) is 42.5. The number of hydrogen-bond donors (Lipinski definition) is 3. The molecule has 8 heteroatoms. The highest BCUT2D eigenvalue weighted by atomic mass is 16.4. The van der Waals surface area contributed by atoms with Crippen LogP contribution in [0, 0.1) is 11.3 Å². The highest BCUT2D eigenvalue weighted by Gasteiger charge is 2.38. The summed E-state index contributed by atoms with van der Waals surface area (Å²) in [5, 5.41) is 15.2. The summed E-state index contributed by atoms with van der Waals surface area (Å²) in [6, 6.07) is 7.86. The van der Waals surface area contributed by atoms with Gasteiger partial charge in [-0.2, -0.15) is 0 Å². The molecule has 1 fully saturated rings. The Morgan fingerprint density at radius 3 is 2.36 bits per heavy atom. The Hall–Kier alpha value is -3.16. The molecule has 2 aromatic rings. The van der Waals surface area contributed by atoms with Gasteiger partial charge in [0.05, 0.1) is 0 Å². The smallest absolute Gasteiger partial charge is 0.326 e. The first-order chi connectivity index (χ1) is 15.7. The fraction of sp³-hybridized carbons (Fsp3) is 0.520. The average molecular weight is 455 g/mol. The van der Waals surface area contributed by atoms with E-state index in [-0.39, 0.29) is 11.7 Å². The van der Waals surface area contributed by atoms with Crippen molar-refractivity contribution in [2.75, 3.05) is 0 Å². The number of carboxylic acids is 1. The predicted octanol–water partition coefficient (Wildman–Crippen LogP) is 3.23. The lowest BCUT2D eigenvalue weighted by Crippen LogP contribution is -2.57. The Labute approximate surface area is 194 Å². The zero-order chi connectivity index (χ0) is 24.0. The molecule has 1 aliphatic carbocycles. The van der Waals surface area contributed by atoms with E-state index in [1.165, 1.54) is 0 Å². The van der Waals surface area contributed by atoms with Crippen LogP contribution in [0.5, 0.6) is 0 Å². The van der Waals surface area contributed by atoms with Gasteiger partial charge in [0, 0.05) is 18.9 Å². The minimum absolute atomic E-state index is 0.0466. The van der Waals surface area contributed by atoms with E-state index in [9.17, 15) is 19.5 Å². The maximum atomic E-state index is 13.3. The number of rotatable bonds is 8. The first-order valence-corrected chi connectivity index (χ1v) is 11.6. The normalized spacial score (nSPS) is 16.6. The molecule has 178 valence electrons. The molecule has 1 aromatic carbocycles. The van der Waals surface area contributed by atoms with Crippen molar-refractivity contribution < 1.29 is 19.5 Å². The minimum Gasteiger partial charge on any atom is -0.480 e. The summed E-state index contributed by atoms with van der Waals surface area (Å²) in [6.07, 6.45) is 7.97. The Morgan fingerprint density at radius 2 is 1.76 bits per heavy atom. The molecule has 33 heavy (non-hydrogen) atoms. The van der Waals surface area contributed by atoms with E-state index in [4.69, 9.17) is 0 Å². The van der Waals surface area contributed by atoms with E-state index in [1.807, 2.05) is 30.3 Å². The Bertz CT molecular complexity index is 958. The van der Waals surface area contributed by atoms with Crippen LogP contribution in [0.1, 0.15) is 69.1 Å². The monoisotopic (exact) mass is 454 g/mol. The van der Waals surface area contributed by atoms with Crippen molar-refractivity contribution in [1.29, 1.82) is 0 Å². The zero-order valence-corrected chi connectivity index (χ0v) is 19.6. The second kappa shape index (κ2) is 10.6. The number of nitrogens with one attached hydrogen (secondary N) is 2. The van der Waals surface area contributed by atoms with Crippen LogP contribution < -0.4 is 10.6 Å². The van der Waals surface area contributed by atoms with Crippen LogP contribution in [0.2, 0.25) is 0 Å². The van der Waals surface area contributed by atoms with Crippen molar-refractivity contribution >= 4 is 17.8 Å². The first-order valence-electron chi connectivity index (χ1n) is 11.6. The molecule has 1 saturated carbocycles. The Balaban J connectivity index is 1.79. The number of aliphatic carboxylic acids is 1. The van der Waals surface area contributed by atoms with E-state index in [2.05, 4.69) is 15.6 Å². The van der Waals surface area contributed by atoms with Crippen molar-refractivity contribution in [2.45, 2.75) is 71.5 Å². The third kappa shape index (κ3) is 6.43. The van der Waals surface area contributed by atoms with Gasteiger partial charge in [-0.3, -0.25) is 9.59 Å². The van der Waals surface area contributed by atoms with Crippen molar-refractivity contribution in [2.24, 2.45) is 11.3 Å². The second-order valence-electron chi connectivity index (χ2n) is 9.86. The van der Waals surface area contributed by atoms with Crippen LogP contribution in [-0.4, -0.2) is 44.5 Å². The lowest BCUT2D eigenvalue weighted by atomic mass is 9.82. The number of carboxylic acid groups (broad SMARTS) is 1. The van der Waals surface area contributed by atoms with Gasteiger partial charge in [-0.05, 0) is 29.7 Å². The van der Waals surface area contributed by atoms with E-state index in [0.717, 1.165) is 37.7 Å². The third-order valence-corrected chi connectivity index (χ3v) is 6.20. The second-order valence-corrected chi connectivity index (χ2v) is 9.86. The standard InChI is InChI=1S/C25H34N4O4/c1-25(2,3)20(24(32)33)28-22(30)19(18-12-8-5-9-13-18)27-23(31)21-26-14-15-29(21)16-17-10-6-4-7-11-17/h4,6-7,10-11,14-15,18-20H,5,8-9,12-13,16H2,1-3H3,(H,27,31)(H,28,30)(H,32,33)/t19-,20+/m0/s1. The molecule has 1 aliphatic rings. The van der Waals surface area contributed by atoms with Gasteiger partial charge < -0.3 is 20.3 Å². The quantitative estimate of drug-likeness (QED) is 0.567. The molecule has 1 heterocycles. The van der Waals surface area contributed by atoms with Crippen molar-refractivity contribution in [3.8, 4) is 0 Å². The van der Waals surface area contributed by atoms with Crippen LogP contribution in [0.4, 0.5) is 0 Å². The molecule has 0 aliphatic heterocycles. The molecule has 1 aromatic heterocycles. The molecule has 0 bridgehead atoms. The zero-order valence-electron chi connectivity index (χ0n) is 19.6. The van der Waals surface area contributed by atoms with Crippen molar-refractivity contribution in [1.82, 2.24) is 20.2 Å². The van der Waals surface area contributed by atoms with E-state index < -0.39 is 35.3 Å². The largest absolute Gasteiger partial charge is 0.480 e. The number of benzene rings is 1. The predicted molar refractivity (Wildman–Crippen MR) is 125 cm³/mol. The lowest BCUT2D eigenvalue weighted by Gasteiger charge is -2.33. The number of imidazole rings is 1. The van der Waals surface area contributed by atoms with Gasteiger partial charge in [-0.1, -0.05) is 70.4 Å². The number of nitrogens with zero attached hydrogens (tertiary/aromatic N) is 2. The summed E-state index contributed by atoms with van der Waals surface area (Å²) in [6.45, 7) is 5.77. The van der Waals surface area contributed by atoms with Crippen LogP contribution in [0.25, 0.3) is 0 Å². The van der Waals surface area contributed by atoms with Crippen LogP contribution in [0.15, 0.2) is 42.7 Å². The molecule has 0 unspecified atom stereocenters. The number of carbonyl (C=O) groups excluding carboxylic acids is 2. The molecule has 3 N–H and O–H groups in total. The van der Waals surface area contributed by atoms with Crippen LogP contribution >= 0.6 is 0 Å². The maximum Gasteiger partial charge on any atom is 0.326 e. The molecule has 0 radical (unpaired) electrons. The van der Waals surface area contributed by atoms with Gasteiger partial charge >= 0.3 is 5.97 Å². The lowest BCUT2D eigenvalue weighted by molar-refractivity contribution is -0.145. The number of hydrogen-bond acceptors (Lipinski definition) is 4. The average Bonchev–Trinajstić information content (AvgIpc) is 3.24. The minimum atomic E-state index is -1.09. The van der Waals surface area contributed by atoms with E-state index in [1.54, 1.807) is 37.7 Å². The molecule has 8 nitrogen and oxygen atoms in total. The molecule has 0 saturated heterocycles. The SMILES string of the molecule is CC(C)(C)[C@H](NC(=O)[C@@H](NC(=O)c1nccn1Cc1ccccc1)C1CCCCC1)C(=O)O. The summed E-state index contributed by atoms with van der Waals surface area (Å²) < 4.78 is 1.75. The fourth-order valence-electron chi connectivity index (χ4n) is 4.38. The topological polar surface area (TPSA) is 113 Å². The summed E-state index contributed by atoms with van der Waals surface area (Å²) in [5.41, 5.74) is 0.356. The Kier molecular flexibility index (Phi) is 7.89. The molecule has 0 spiro atoms. The molecule has 2 atom stereocenters. The fourth-order valence-corrected chi connectivity index (χ4v) is 4.38. The number of aromatic nitrogens is 2. The van der Waals surface area contributed by atoms with Gasteiger partial charge in [0.1, 0.15) is 12.1 Å². The van der Waals surface area contributed by atoms with Crippen LogP contribution in [0.3, 0.4) is 0 Å². The molecular weight excluding hydrogens is 420 g/mol. The maximum absolute atomic E-state index is 13.3. The highest BCUT2D eigenvalue weighted by molar-refractivity contribution is 5.96.